The highest BCUT2D eigenvalue weighted by Gasteiger charge is 2.27. The first-order chi connectivity index (χ1) is 15.1. The summed E-state index contributed by atoms with van der Waals surface area (Å²) in [6.07, 6.45) is 7.77. The number of rotatable bonds is 6. The number of aromatic nitrogens is 6. The average molecular weight is 413 g/mol. The van der Waals surface area contributed by atoms with E-state index in [1.165, 1.54) is 0 Å². The molecule has 0 spiro atoms. The van der Waals surface area contributed by atoms with Crippen LogP contribution in [0.15, 0.2) is 61.3 Å². The quantitative estimate of drug-likeness (QED) is 0.511. The minimum atomic E-state index is -0.223. The van der Waals surface area contributed by atoms with Crippen molar-refractivity contribution in [1.82, 2.24) is 29.3 Å². The maximum Gasteiger partial charge on any atom is 0.256 e. The molecular weight excluding hydrogens is 390 g/mol. The average Bonchev–Trinajstić information content (AvgIpc) is 3.29. The van der Waals surface area contributed by atoms with Crippen molar-refractivity contribution < 1.29 is 4.79 Å². The van der Waals surface area contributed by atoms with E-state index in [0.29, 0.717) is 29.0 Å². The Kier molecular flexibility index (Phi) is 4.82. The number of pyridine rings is 1. The maximum atomic E-state index is 12.9. The van der Waals surface area contributed by atoms with E-state index in [4.69, 9.17) is 0 Å². The number of carbonyl (C=O) groups is 1. The van der Waals surface area contributed by atoms with Crippen molar-refractivity contribution in [3.8, 4) is 17.2 Å². The van der Waals surface area contributed by atoms with Gasteiger partial charge in [0.1, 0.15) is 17.8 Å². The summed E-state index contributed by atoms with van der Waals surface area (Å²) >= 11 is 0. The molecule has 8 heteroatoms. The normalized spacial score (nSPS) is 13.5. The first-order valence-electron chi connectivity index (χ1n) is 10.4. The van der Waals surface area contributed by atoms with E-state index in [-0.39, 0.29) is 5.91 Å². The van der Waals surface area contributed by atoms with Crippen LogP contribution in [0.4, 0.5) is 5.82 Å². The van der Waals surface area contributed by atoms with Crippen molar-refractivity contribution in [1.29, 1.82) is 0 Å². The van der Waals surface area contributed by atoms with E-state index in [9.17, 15) is 4.79 Å². The van der Waals surface area contributed by atoms with Crippen LogP contribution in [-0.4, -0.2) is 35.2 Å². The third kappa shape index (κ3) is 3.96. The van der Waals surface area contributed by atoms with Gasteiger partial charge in [-0.15, -0.1) is 10.2 Å². The van der Waals surface area contributed by atoms with Gasteiger partial charge in [-0.2, -0.15) is 0 Å². The van der Waals surface area contributed by atoms with Crippen LogP contribution in [0.1, 0.15) is 54.7 Å². The minimum absolute atomic E-state index is 0.223. The summed E-state index contributed by atoms with van der Waals surface area (Å²) in [4.78, 5) is 21.9. The lowest BCUT2D eigenvalue weighted by Crippen LogP contribution is -2.13. The fourth-order valence-corrected chi connectivity index (χ4v) is 3.45. The lowest BCUT2D eigenvalue weighted by atomic mass is 10.1. The summed E-state index contributed by atoms with van der Waals surface area (Å²) in [6.45, 7) is 4.20. The zero-order valence-electron chi connectivity index (χ0n) is 17.4. The van der Waals surface area contributed by atoms with Crippen molar-refractivity contribution in [3.05, 3.63) is 72.6 Å². The molecule has 0 saturated heterocycles. The van der Waals surface area contributed by atoms with E-state index in [1.54, 1.807) is 24.8 Å². The zero-order valence-corrected chi connectivity index (χ0v) is 17.4. The number of benzene rings is 1. The Morgan fingerprint density at radius 3 is 2.74 bits per heavy atom. The highest BCUT2D eigenvalue weighted by atomic mass is 16.1. The molecule has 1 amide bonds. The van der Waals surface area contributed by atoms with Gasteiger partial charge < -0.3 is 14.5 Å². The van der Waals surface area contributed by atoms with Gasteiger partial charge in [0, 0.05) is 23.5 Å². The SMILES string of the molecule is CC(C)c1cn(-c2cccc(C(=O)Nc3cccc(-c4nncn4C4CC4)n3)c2)cn1. The molecule has 3 aromatic heterocycles. The molecular formula is C23H23N7O. The molecule has 0 aliphatic heterocycles. The number of imidazole rings is 1. The number of hydrogen-bond acceptors (Lipinski definition) is 5. The Balaban J connectivity index is 1.36. The number of amides is 1. The van der Waals surface area contributed by atoms with Crippen molar-refractivity contribution in [2.45, 2.75) is 38.6 Å². The molecule has 1 aliphatic carbocycles. The molecule has 1 saturated carbocycles. The fraction of sp³-hybridized carbons (Fsp3) is 0.261. The number of anilines is 1. The predicted octanol–water partition coefficient (Wildman–Crippen LogP) is 4.24. The first kappa shape index (κ1) is 19.2. The molecule has 1 fully saturated rings. The molecule has 0 unspecified atom stereocenters. The topological polar surface area (TPSA) is 90.5 Å². The smallest absolute Gasteiger partial charge is 0.256 e. The second-order valence-corrected chi connectivity index (χ2v) is 8.07. The molecule has 5 rings (SSSR count). The lowest BCUT2D eigenvalue weighted by molar-refractivity contribution is 0.102. The molecule has 156 valence electrons. The van der Waals surface area contributed by atoms with Crippen molar-refractivity contribution in [2.24, 2.45) is 0 Å². The lowest BCUT2D eigenvalue weighted by Gasteiger charge is -2.09. The van der Waals surface area contributed by atoms with E-state index < -0.39 is 0 Å². The van der Waals surface area contributed by atoms with Gasteiger partial charge in [0.2, 0.25) is 0 Å². The summed E-state index contributed by atoms with van der Waals surface area (Å²) in [5.74, 6) is 1.32. The van der Waals surface area contributed by atoms with Gasteiger partial charge in [-0.1, -0.05) is 26.0 Å². The minimum Gasteiger partial charge on any atom is -0.309 e. The van der Waals surface area contributed by atoms with Crippen LogP contribution in [0.5, 0.6) is 0 Å². The van der Waals surface area contributed by atoms with E-state index in [0.717, 1.165) is 30.0 Å². The Morgan fingerprint density at radius 1 is 1.13 bits per heavy atom. The fourth-order valence-electron chi connectivity index (χ4n) is 3.45. The molecule has 4 aromatic rings. The molecule has 1 N–H and O–H groups in total. The van der Waals surface area contributed by atoms with Crippen LogP contribution in [0.25, 0.3) is 17.2 Å². The predicted molar refractivity (Wildman–Crippen MR) is 117 cm³/mol. The zero-order chi connectivity index (χ0) is 21.4. The summed E-state index contributed by atoms with van der Waals surface area (Å²) < 4.78 is 3.98. The van der Waals surface area contributed by atoms with Crippen molar-refractivity contribution in [3.63, 3.8) is 0 Å². The summed E-state index contributed by atoms with van der Waals surface area (Å²) in [6, 6.07) is 13.4. The summed E-state index contributed by atoms with van der Waals surface area (Å²) in [5, 5.41) is 11.1. The Bertz CT molecular complexity index is 1240. The molecule has 3 heterocycles. The third-order valence-electron chi connectivity index (χ3n) is 5.33. The summed E-state index contributed by atoms with van der Waals surface area (Å²) in [5.41, 5.74) is 3.13. The molecule has 0 bridgehead atoms. The second kappa shape index (κ2) is 7.79. The molecule has 0 radical (unpaired) electrons. The monoisotopic (exact) mass is 413 g/mol. The van der Waals surface area contributed by atoms with Gasteiger partial charge in [0.25, 0.3) is 5.91 Å². The van der Waals surface area contributed by atoms with Crippen LogP contribution < -0.4 is 5.32 Å². The number of hydrogen-bond donors (Lipinski definition) is 1. The van der Waals surface area contributed by atoms with Crippen LogP contribution in [0.2, 0.25) is 0 Å². The Morgan fingerprint density at radius 2 is 1.97 bits per heavy atom. The van der Waals surface area contributed by atoms with E-state index in [1.807, 2.05) is 45.7 Å². The molecule has 31 heavy (non-hydrogen) atoms. The number of carbonyl (C=O) groups excluding carboxylic acids is 1. The Labute approximate surface area is 180 Å². The van der Waals surface area contributed by atoms with Gasteiger partial charge in [-0.25, -0.2) is 9.97 Å². The molecule has 0 atom stereocenters. The van der Waals surface area contributed by atoms with Crippen molar-refractivity contribution in [2.75, 3.05) is 5.32 Å². The highest BCUT2D eigenvalue weighted by Crippen LogP contribution is 2.37. The third-order valence-corrected chi connectivity index (χ3v) is 5.33. The Hall–Kier alpha value is -3.81. The van der Waals surface area contributed by atoms with Gasteiger partial charge in [0.15, 0.2) is 5.82 Å². The van der Waals surface area contributed by atoms with Gasteiger partial charge in [-0.3, -0.25) is 4.79 Å². The van der Waals surface area contributed by atoms with Crippen molar-refractivity contribution >= 4 is 11.7 Å². The van der Waals surface area contributed by atoms with E-state index >= 15 is 0 Å². The van der Waals surface area contributed by atoms with Gasteiger partial charge in [-0.05, 0) is 49.1 Å². The molecule has 1 aromatic carbocycles. The highest BCUT2D eigenvalue weighted by molar-refractivity contribution is 6.04. The van der Waals surface area contributed by atoms with Crippen LogP contribution in [0.3, 0.4) is 0 Å². The number of nitrogens with zero attached hydrogens (tertiary/aromatic N) is 6. The standard InChI is InChI=1S/C23H23N7O/c1-15(2)20-12-29(13-24-20)18-6-3-5-16(11-18)23(31)27-21-8-4-7-19(26-21)22-28-25-14-30(22)17-9-10-17/h3-8,11-15,17H,9-10H2,1-2H3,(H,26,27,31). The van der Waals surface area contributed by atoms with Gasteiger partial charge >= 0.3 is 0 Å². The van der Waals surface area contributed by atoms with Crippen LogP contribution in [-0.2, 0) is 0 Å². The molecule has 1 aliphatic rings. The summed E-state index contributed by atoms with van der Waals surface area (Å²) in [7, 11) is 0. The van der Waals surface area contributed by atoms with Crippen LogP contribution in [0, 0.1) is 0 Å². The largest absolute Gasteiger partial charge is 0.309 e. The number of nitrogens with one attached hydrogen (secondary N) is 1. The van der Waals surface area contributed by atoms with Gasteiger partial charge in [0.05, 0.1) is 12.0 Å². The second-order valence-electron chi connectivity index (χ2n) is 8.07. The van der Waals surface area contributed by atoms with E-state index in [2.05, 4.69) is 39.3 Å². The maximum absolute atomic E-state index is 12.9. The first-order valence-corrected chi connectivity index (χ1v) is 10.4. The van der Waals surface area contributed by atoms with Crippen LogP contribution >= 0.6 is 0 Å². The molecule has 8 nitrogen and oxygen atoms in total.